The minimum Gasteiger partial charge on any atom is -0.493 e. The van der Waals surface area contributed by atoms with Crippen LogP contribution in [0.1, 0.15) is 32.6 Å². The molecule has 0 unspecified atom stereocenters. The number of rotatable bonds is 12. The fraction of sp³-hybridized carbons (Fsp3) is 0.220. The highest BCUT2D eigenvalue weighted by atomic mass is 19.1. The Balaban J connectivity index is 1.27. The first-order valence-electron chi connectivity index (χ1n) is 17.3. The molecule has 2 amide bonds. The summed E-state index contributed by atoms with van der Waals surface area (Å²) >= 11 is 0. The zero-order valence-electron chi connectivity index (χ0n) is 30.2. The highest BCUT2D eigenvalue weighted by Gasteiger charge is 2.22. The van der Waals surface area contributed by atoms with Gasteiger partial charge in [0.2, 0.25) is 17.7 Å². The van der Waals surface area contributed by atoms with Crippen LogP contribution >= 0.6 is 0 Å². The summed E-state index contributed by atoms with van der Waals surface area (Å²) in [7, 11) is 3.55. The number of anilines is 4. The monoisotopic (exact) mass is 715 g/mol. The lowest BCUT2D eigenvalue weighted by Crippen LogP contribution is -2.44. The molecular weight excluding hydrogens is 673 g/mol. The van der Waals surface area contributed by atoms with E-state index < -0.39 is 5.91 Å². The molecule has 0 spiro atoms. The van der Waals surface area contributed by atoms with Gasteiger partial charge in [-0.05, 0) is 79.6 Å². The zero-order valence-corrected chi connectivity index (χ0v) is 30.2. The van der Waals surface area contributed by atoms with Crippen LogP contribution in [0.3, 0.4) is 0 Å². The van der Waals surface area contributed by atoms with E-state index in [2.05, 4.69) is 37.9 Å². The standard InChI is InChI=1S/C41H42FN7O4/c1-27-9-8-10-28(2)38(27)46-39(51)32-26-44-41(45-31-15-16-34(33(42)24-31)49-21-19-48(3)20-22-49)47-40(32)53-36-23-29(13-17-35(36)52-4)14-18-37(50)43-25-30-11-6-5-7-12-30/h5-18,23-24,26H,19-22,25H2,1-4H3,(H,43,50)(H,46,51)(H,44,45,47). The van der Waals surface area contributed by atoms with E-state index in [0.717, 1.165) is 42.9 Å². The van der Waals surface area contributed by atoms with Crippen molar-refractivity contribution >= 4 is 40.9 Å². The van der Waals surface area contributed by atoms with Crippen molar-refractivity contribution in [2.45, 2.75) is 20.4 Å². The summed E-state index contributed by atoms with van der Waals surface area (Å²) in [4.78, 5) is 39.6. The number of nitrogens with zero attached hydrogens (tertiary/aromatic N) is 4. The first kappa shape index (κ1) is 36.5. The van der Waals surface area contributed by atoms with Crippen LogP contribution in [0.4, 0.5) is 27.4 Å². The number of para-hydroxylation sites is 1. The lowest BCUT2D eigenvalue weighted by molar-refractivity contribution is -0.116. The smallest absolute Gasteiger partial charge is 0.262 e. The van der Waals surface area contributed by atoms with E-state index in [-0.39, 0.29) is 34.9 Å². The van der Waals surface area contributed by atoms with E-state index in [0.29, 0.717) is 34.9 Å². The van der Waals surface area contributed by atoms with Crippen molar-refractivity contribution in [1.29, 1.82) is 0 Å². The molecule has 53 heavy (non-hydrogen) atoms. The van der Waals surface area contributed by atoms with Gasteiger partial charge >= 0.3 is 0 Å². The molecule has 0 atom stereocenters. The van der Waals surface area contributed by atoms with Crippen LogP contribution in [0.25, 0.3) is 6.08 Å². The van der Waals surface area contributed by atoms with E-state index in [9.17, 15) is 9.59 Å². The third-order valence-corrected chi connectivity index (χ3v) is 8.90. The number of aryl methyl sites for hydroxylation is 2. The van der Waals surface area contributed by atoms with E-state index in [1.165, 1.54) is 25.4 Å². The summed E-state index contributed by atoms with van der Waals surface area (Å²) in [6, 6.07) is 25.4. The number of nitrogens with one attached hydrogen (secondary N) is 3. The molecule has 3 N–H and O–H groups in total. The van der Waals surface area contributed by atoms with Crippen LogP contribution in [-0.2, 0) is 11.3 Å². The summed E-state index contributed by atoms with van der Waals surface area (Å²) < 4.78 is 27.2. The predicted molar refractivity (Wildman–Crippen MR) is 206 cm³/mol. The number of carbonyl (C=O) groups excluding carboxylic acids is 2. The Labute approximate surface area is 308 Å². The van der Waals surface area contributed by atoms with Gasteiger partial charge in [0.1, 0.15) is 11.4 Å². The summed E-state index contributed by atoms with van der Waals surface area (Å²) in [6.45, 7) is 7.38. The van der Waals surface area contributed by atoms with Crippen molar-refractivity contribution in [3.63, 3.8) is 0 Å². The normalized spacial score (nSPS) is 13.1. The van der Waals surface area contributed by atoms with Crippen LogP contribution in [0.2, 0.25) is 0 Å². The molecule has 1 aliphatic heterocycles. The van der Waals surface area contributed by atoms with Crippen molar-refractivity contribution < 1.29 is 23.5 Å². The van der Waals surface area contributed by atoms with Crippen molar-refractivity contribution in [2.24, 2.45) is 0 Å². The number of hydrogen-bond donors (Lipinski definition) is 3. The van der Waals surface area contributed by atoms with E-state index in [4.69, 9.17) is 9.47 Å². The van der Waals surface area contributed by atoms with Crippen molar-refractivity contribution in [1.82, 2.24) is 20.2 Å². The molecule has 12 heteroatoms. The van der Waals surface area contributed by atoms with Gasteiger partial charge in [-0.1, -0.05) is 54.6 Å². The number of amides is 2. The maximum absolute atomic E-state index is 15.3. The highest BCUT2D eigenvalue weighted by molar-refractivity contribution is 6.06. The molecular formula is C41H42FN7O4. The number of methoxy groups -OCH3 is 1. The number of benzene rings is 4. The summed E-state index contributed by atoms with van der Waals surface area (Å²) in [5, 5.41) is 8.89. The first-order chi connectivity index (χ1) is 25.7. The van der Waals surface area contributed by atoms with Gasteiger partial charge < -0.3 is 35.2 Å². The number of ether oxygens (including phenoxy) is 2. The Morgan fingerprint density at radius 1 is 0.906 bits per heavy atom. The second-order valence-corrected chi connectivity index (χ2v) is 12.8. The average molecular weight is 716 g/mol. The molecule has 0 saturated carbocycles. The molecule has 5 aromatic rings. The van der Waals surface area contributed by atoms with Crippen molar-refractivity contribution in [2.75, 3.05) is 55.9 Å². The van der Waals surface area contributed by atoms with Gasteiger partial charge in [0.25, 0.3) is 5.91 Å². The fourth-order valence-corrected chi connectivity index (χ4v) is 5.87. The Kier molecular flexibility index (Phi) is 11.6. The number of aromatic nitrogens is 2. The summed E-state index contributed by atoms with van der Waals surface area (Å²) in [5.41, 5.74) is 5.07. The molecule has 1 aromatic heterocycles. The number of hydrogen-bond acceptors (Lipinski definition) is 9. The lowest BCUT2D eigenvalue weighted by atomic mass is 10.1. The van der Waals surface area contributed by atoms with Crippen LogP contribution in [0, 0.1) is 19.7 Å². The minimum absolute atomic E-state index is 0.0538. The van der Waals surface area contributed by atoms with Gasteiger partial charge in [-0.25, -0.2) is 9.37 Å². The molecule has 272 valence electrons. The van der Waals surface area contributed by atoms with Gasteiger partial charge in [0.15, 0.2) is 11.5 Å². The Morgan fingerprint density at radius 2 is 1.66 bits per heavy atom. The van der Waals surface area contributed by atoms with Crippen molar-refractivity contribution in [3.05, 3.63) is 131 Å². The molecule has 1 saturated heterocycles. The molecule has 4 aromatic carbocycles. The predicted octanol–water partition coefficient (Wildman–Crippen LogP) is 7.11. The second-order valence-electron chi connectivity index (χ2n) is 12.8. The molecule has 2 heterocycles. The Morgan fingerprint density at radius 3 is 2.38 bits per heavy atom. The average Bonchev–Trinajstić information content (AvgIpc) is 3.16. The van der Waals surface area contributed by atoms with Crippen LogP contribution < -0.4 is 30.3 Å². The Hall–Kier alpha value is -6.27. The molecule has 1 fully saturated rings. The van der Waals surface area contributed by atoms with Crippen molar-refractivity contribution in [3.8, 4) is 17.4 Å². The number of piperazine rings is 1. The quantitative estimate of drug-likeness (QED) is 0.116. The zero-order chi connectivity index (χ0) is 37.3. The van der Waals surface area contributed by atoms with Crippen LogP contribution in [0.5, 0.6) is 17.4 Å². The van der Waals surface area contributed by atoms with Gasteiger partial charge in [-0.3, -0.25) is 9.59 Å². The summed E-state index contributed by atoms with van der Waals surface area (Å²) in [5.74, 6) is -0.502. The first-order valence-corrected chi connectivity index (χ1v) is 17.3. The van der Waals surface area contributed by atoms with E-state index >= 15 is 4.39 Å². The SMILES string of the molecule is COc1ccc(C=CC(=O)NCc2ccccc2)cc1Oc1nc(Nc2ccc(N3CCN(C)CC3)c(F)c2)ncc1C(=O)Nc1c(C)cccc1C. The van der Waals surface area contributed by atoms with Gasteiger partial charge in [-0.15, -0.1) is 0 Å². The molecule has 11 nitrogen and oxygen atoms in total. The maximum Gasteiger partial charge on any atom is 0.262 e. The minimum atomic E-state index is -0.489. The van der Waals surface area contributed by atoms with Gasteiger partial charge in [0, 0.05) is 56.4 Å². The molecule has 1 aliphatic rings. The van der Waals surface area contributed by atoms with E-state index in [1.54, 1.807) is 36.4 Å². The third kappa shape index (κ3) is 9.35. The number of carbonyl (C=O) groups is 2. The van der Waals surface area contributed by atoms with E-state index in [1.807, 2.05) is 67.3 Å². The number of halogens is 1. The van der Waals surface area contributed by atoms with Crippen LogP contribution in [-0.4, -0.2) is 67.0 Å². The lowest BCUT2D eigenvalue weighted by Gasteiger charge is -2.34. The highest BCUT2D eigenvalue weighted by Crippen LogP contribution is 2.35. The molecule has 0 radical (unpaired) electrons. The number of likely N-dealkylation sites (N-methyl/N-ethyl adjacent to an activating group) is 1. The topological polar surface area (TPSA) is 121 Å². The second kappa shape index (κ2) is 16.8. The third-order valence-electron chi connectivity index (χ3n) is 8.90. The largest absolute Gasteiger partial charge is 0.493 e. The molecule has 6 rings (SSSR count). The van der Waals surface area contributed by atoms with Gasteiger partial charge in [0.05, 0.1) is 12.8 Å². The fourth-order valence-electron chi connectivity index (χ4n) is 5.87. The maximum atomic E-state index is 15.3. The summed E-state index contributed by atoms with van der Waals surface area (Å²) in [6.07, 6.45) is 4.43. The molecule has 0 aliphatic carbocycles. The molecule has 0 bridgehead atoms. The Bertz CT molecular complexity index is 2100. The van der Waals surface area contributed by atoms with Gasteiger partial charge in [-0.2, -0.15) is 4.98 Å². The van der Waals surface area contributed by atoms with Crippen LogP contribution in [0.15, 0.2) is 97.2 Å².